The van der Waals surface area contributed by atoms with Crippen LogP contribution in [0.5, 0.6) is 0 Å². The Morgan fingerprint density at radius 2 is 2.11 bits per heavy atom. The van der Waals surface area contributed by atoms with Crippen LogP contribution in [0, 0.1) is 0 Å². The van der Waals surface area contributed by atoms with Crippen LogP contribution in [-0.2, 0) is 11.2 Å². The van der Waals surface area contributed by atoms with Gasteiger partial charge >= 0.3 is 0 Å². The van der Waals surface area contributed by atoms with Crippen LogP contribution in [0.3, 0.4) is 0 Å². The van der Waals surface area contributed by atoms with E-state index in [1.54, 1.807) is 14.2 Å². The number of aromatic nitrogens is 2. The lowest BCUT2D eigenvalue weighted by Crippen LogP contribution is -2.41. The molecule has 1 aromatic carbocycles. The summed E-state index contributed by atoms with van der Waals surface area (Å²) in [6.45, 7) is 4.17. The van der Waals surface area contributed by atoms with E-state index in [0.29, 0.717) is 29.7 Å². The van der Waals surface area contributed by atoms with Crippen molar-refractivity contribution in [3.05, 3.63) is 35.2 Å². The highest BCUT2D eigenvalue weighted by molar-refractivity contribution is 6.30. The standard InChI is InChI=1S/C19H29ClN6O2/c1-21-19(23-10-12-26(2)11-5-13-27-3)22-9-8-17-24-18(25-28-17)15-6-4-7-16(20)14-15/h4,6-7,14H,5,8-13H2,1-3H3,(H2,21,22,23). The Bertz CT molecular complexity index is 737. The summed E-state index contributed by atoms with van der Waals surface area (Å²) in [7, 11) is 5.58. The molecule has 0 spiro atoms. The van der Waals surface area contributed by atoms with Gasteiger partial charge in [-0.2, -0.15) is 4.98 Å². The molecule has 0 saturated heterocycles. The molecule has 0 unspecified atom stereocenters. The van der Waals surface area contributed by atoms with Crippen molar-refractivity contribution in [2.75, 3.05) is 54.0 Å². The third-order valence-corrected chi connectivity index (χ3v) is 4.32. The second kappa shape index (κ2) is 12.3. The van der Waals surface area contributed by atoms with Crippen LogP contribution in [0.2, 0.25) is 5.02 Å². The van der Waals surface area contributed by atoms with Crippen molar-refractivity contribution in [1.82, 2.24) is 25.7 Å². The van der Waals surface area contributed by atoms with Crippen molar-refractivity contribution in [3.63, 3.8) is 0 Å². The van der Waals surface area contributed by atoms with Gasteiger partial charge in [0.1, 0.15) is 0 Å². The molecule has 0 fully saturated rings. The Morgan fingerprint density at radius 1 is 1.29 bits per heavy atom. The van der Waals surface area contributed by atoms with E-state index in [0.717, 1.165) is 44.2 Å². The predicted octanol–water partition coefficient (Wildman–Crippen LogP) is 2.07. The zero-order chi connectivity index (χ0) is 20.2. The molecule has 154 valence electrons. The minimum absolute atomic E-state index is 0.538. The van der Waals surface area contributed by atoms with E-state index in [1.165, 1.54) is 0 Å². The minimum atomic E-state index is 0.538. The fourth-order valence-electron chi connectivity index (χ4n) is 2.57. The van der Waals surface area contributed by atoms with Crippen LogP contribution in [0.1, 0.15) is 12.3 Å². The van der Waals surface area contributed by atoms with Gasteiger partial charge in [-0.1, -0.05) is 28.9 Å². The molecule has 2 rings (SSSR count). The Balaban J connectivity index is 1.69. The maximum absolute atomic E-state index is 6.00. The van der Waals surface area contributed by atoms with Gasteiger partial charge in [0, 0.05) is 64.0 Å². The Labute approximate surface area is 171 Å². The molecule has 0 radical (unpaired) electrons. The molecule has 0 aliphatic carbocycles. The van der Waals surface area contributed by atoms with E-state index in [2.05, 4.69) is 37.7 Å². The first kappa shape index (κ1) is 22.1. The van der Waals surface area contributed by atoms with Gasteiger partial charge in [-0.15, -0.1) is 0 Å². The van der Waals surface area contributed by atoms with Gasteiger partial charge in [0.2, 0.25) is 11.7 Å². The summed E-state index contributed by atoms with van der Waals surface area (Å²) in [5, 5.41) is 11.2. The van der Waals surface area contributed by atoms with Crippen LogP contribution in [0.25, 0.3) is 11.4 Å². The summed E-state index contributed by atoms with van der Waals surface area (Å²) >= 11 is 6.00. The Kier molecular flexibility index (Phi) is 9.74. The molecule has 1 heterocycles. The Morgan fingerprint density at radius 3 is 2.86 bits per heavy atom. The van der Waals surface area contributed by atoms with Crippen LogP contribution in [0.15, 0.2) is 33.8 Å². The number of methoxy groups -OCH3 is 1. The molecule has 2 aromatic rings. The van der Waals surface area contributed by atoms with E-state index in [4.69, 9.17) is 20.9 Å². The largest absolute Gasteiger partial charge is 0.385 e. The van der Waals surface area contributed by atoms with Crippen LogP contribution < -0.4 is 10.6 Å². The first-order valence-corrected chi connectivity index (χ1v) is 9.70. The van der Waals surface area contributed by atoms with Gasteiger partial charge in [0.25, 0.3) is 0 Å². The highest BCUT2D eigenvalue weighted by Crippen LogP contribution is 2.19. The molecule has 8 nitrogen and oxygen atoms in total. The number of benzene rings is 1. The second-order valence-electron chi connectivity index (χ2n) is 6.35. The molecule has 1 aromatic heterocycles. The summed E-state index contributed by atoms with van der Waals surface area (Å²) < 4.78 is 10.4. The minimum Gasteiger partial charge on any atom is -0.385 e. The van der Waals surface area contributed by atoms with Gasteiger partial charge < -0.3 is 24.8 Å². The topological polar surface area (TPSA) is 87.8 Å². The molecule has 0 amide bonds. The number of nitrogens with one attached hydrogen (secondary N) is 2. The van der Waals surface area contributed by atoms with Gasteiger partial charge in [-0.3, -0.25) is 4.99 Å². The molecule has 0 saturated carbocycles. The number of halogens is 1. The SMILES string of the molecule is CN=C(NCCc1nc(-c2cccc(Cl)c2)no1)NCCN(C)CCCOC. The van der Waals surface area contributed by atoms with Crippen molar-refractivity contribution in [3.8, 4) is 11.4 Å². The fraction of sp³-hybridized carbons (Fsp3) is 0.526. The number of guanidine groups is 1. The fourth-order valence-corrected chi connectivity index (χ4v) is 2.76. The summed E-state index contributed by atoms with van der Waals surface area (Å²) in [6, 6.07) is 7.38. The van der Waals surface area contributed by atoms with Gasteiger partial charge in [-0.05, 0) is 25.6 Å². The molecule has 9 heteroatoms. The highest BCUT2D eigenvalue weighted by atomic mass is 35.5. The summed E-state index contributed by atoms with van der Waals surface area (Å²) in [4.78, 5) is 10.9. The Hall–Kier alpha value is -2.16. The number of likely N-dealkylation sites (N-methyl/N-ethyl adjacent to an activating group) is 1. The van der Waals surface area contributed by atoms with E-state index in [9.17, 15) is 0 Å². The number of nitrogens with zero attached hydrogens (tertiary/aromatic N) is 4. The first-order valence-electron chi connectivity index (χ1n) is 9.33. The zero-order valence-corrected chi connectivity index (χ0v) is 17.5. The molecule has 0 aliphatic rings. The van der Waals surface area contributed by atoms with E-state index in [1.807, 2.05) is 24.3 Å². The van der Waals surface area contributed by atoms with Crippen molar-refractivity contribution in [2.45, 2.75) is 12.8 Å². The monoisotopic (exact) mass is 408 g/mol. The molecule has 0 atom stereocenters. The normalized spacial score (nSPS) is 11.8. The maximum atomic E-state index is 6.00. The third-order valence-electron chi connectivity index (χ3n) is 4.08. The second-order valence-corrected chi connectivity index (χ2v) is 6.78. The first-order chi connectivity index (χ1) is 13.6. The predicted molar refractivity (Wildman–Crippen MR) is 112 cm³/mol. The summed E-state index contributed by atoms with van der Waals surface area (Å²) in [6.07, 6.45) is 1.63. The molecule has 0 bridgehead atoms. The maximum Gasteiger partial charge on any atom is 0.228 e. The molecule has 28 heavy (non-hydrogen) atoms. The van der Waals surface area contributed by atoms with Crippen LogP contribution in [-0.4, -0.2) is 75.0 Å². The molecule has 0 aliphatic heterocycles. The zero-order valence-electron chi connectivity index (χ0n) is 16.7. The number of hydrogen-bond donors (Lipinski definition) is 2. The highest BCUT2D eigenvalue weighted by Gasteiger charge is 2.09. The quantitative estimate of drug-likeness (QED) is 0.334. The average molecular weight is 409 g/mol. The van der Waals surface area contributed by atoms with Gasteiger partial charge in [0.05, 0.1) is 0 Å². The number of hydrogen-bond acceptors (Lipinski definition) is 6. The van der Waals surface area contributed by atoms with Crippen molar-refractivity contribution >= 4 is 17.6 Å². The van der Waals surface area contributed by atoms with Crippen molar-refractivity contribution in [1.29, 1.82) is 0 Å². The van der Waals surface area contributed by atoms with Crippen molar-refractivity contribution < 1.29 is 9.26 Å². The van der Waals surface area contributed by atoms with Gasteiger partial charge in [0.15, 0.2) is 5.96 Å². The number of aliphatic imine (C=N–C) groups is 1. The number of rotatable bonds is 11. The lowest BCUT2D eigenvalue weighted by molar-refractivity contribution is 0.180. The van der Waals surface area contributed by atoms with E-state index >= 15 is 0 Å². The van der Waals surface area contributed by atoms with E-state index in [-0.39, 0.29) is 0 Å². The summed E-state index contributed by atoms with van der Waals surface area (Å²) in [5.41, 5.74) is 0.836. The van der Waals surface area contributed by atoms with Crippen LogP contribution in [0.4, 0.5) is 0 Å². The van der Waals surface area contributed by atoms with Gasteiger partial charge in [-0.25, -0.2) is 0 Å². The third kappa shape index (κ3) is 7.84. The lowest BCUT2D eigenvalue weighted by atomic mass is 10.2. The lowest BCUT2D eigenvalue weighted by Gasteiger charge is -2.18. The van der Waals surface area contributed by atoms with Crippen LogP contribution >= 0.6 is 11.6 Å². The molecule has 2 N–H and O–H groups in total. The van der Waals surface area contributed by atoms with Crippen molar-refractivity contribution in [2.24, 2.45) is 4.99 Å². The molecular weight excluding hydrogens is 380 g/mol. The summed E-state index contributed by atoms with van der Waals surface area (Å²) in [5.74, 6) is 1.85. The number of ether oxygens (including phenoxy) is 1. The average Bonchev–Trinajstić information content (AvgIpc) is 3.16. The molecular formula is C19H29ClN6O2. The smallest absolute Gasteiger partial charge is 0.228 e. The van der Waals surface area contributed by atoms with E-state index < -0.39 is 0 Å².